The minimum absolute atomic E-state index is 0.0714. The fraction of sp³-hybridized carbons (Fsp3) is 0.467. The Labute approximate surface area is 206 Å². The van der Waals surface area contributed by atoms with Gasteiger partial charge in [0.25, 0.3) is 0 Å². The zero-order valence-corrected chi connectivity index (χ0v) is 20.7. The monoisotopic (exact) mass is 474 g/mol. The Kier molecular flexibility index (Phi) is 5.98. The molecule has 2 aromatic carbocycles. The third-order valence-electron chi connectivity index (χ3n) is 8.74. The number of phenols is 2. The van der Waals surface area contributed by atoms with E-state index in [4.69, 9.17) is 4.74 Å². The zero-order valence-electron chi connectivity index (χ0n) is 20.7. The third kappa shape index (κ3) is 3.76. The quantitative estimate of drug-likeness (QED) is 0.395. The molecule has 1 heterocycles. The van der Waals surface area contributed by atoms with Gasteiger partial charge in [0.05, 0.1) is 11.1 Å². The molecule has 1 aliphatic heterocycles. The normalized spacial score (nSPS) is 29.7. The summed E-state index contributed by atoms with van der Waals surface area (Å²) in [6.45, 7) is 6.91. The number of carbonyl (C=O) groups excluding carboxylic acids is 2. The van der Waals surface area contributed by atoms with Crippen molar-refractivity contribution in [3.05, 3.63) is 64.2 Å². The van der Waals surface area contributed by atoms with Crippen LogP contribution in [-0.4, -0.2) is 28.4 Å². The Bertz CT molecular complexity index is 1180. The van der Waals surface area contributed by atoms with Crippen LogP contribution in [0, 0.1) is 23.7 Å². The summed E-state index contributed by atoms with van der Waals surface area (Å²) in [5, 5.41) is 21.8. The van der Waals surface area contributed by atoms with E-state index in [0.29, 0.717) is 48.2 Å². The third-order valence-corrected chi connectivity index (χ3v) is 8.74. The average Bonchev–Trinajstić information content (AvgIpc) is 2.84. The van der Waals surface area contributed by atoms with Gasteiger partial charge in [-0.15, -0.1) is 0 Å². The van der Waals surface area contributed by atoms with Gasteiger partial charge in [-0.2, -0.15) is 0 Å². The van der Waals surface area contributed by atoms with Gasteiger partial charge in [0, 0.05) is 17.9 Å². The van der Waals surface area contributed by atoms with Crippen molar-refractivity contribution in [1.82, 2.24) is 0 Å². The van der Waals surface area contributed by atoms with E-state index >= 15 is 0 Å². The predicted octanol–water partition coefficient (Wildman–Crippen LogP) is 6.41. The van der Waals surface area contributed by atoms with Crippen molar-refractivity contribution in [3.8, 4) is 17.2 Å². The summed E-state index contributed by atoms with van der Waals surface area (Å²) in [5.41, 5.74) is 1.85. The average molecular weight is 475 g/mol. The van der Waals surface area contributed by atoms with Crippen molar-refractivity contribution >= 4 is 12.6 Å². The second-order valence-corrected chi connectivity index (χ2v) is 11.0. The highest BCUT2D eigenvalue weighted by molar-refractivity contribution is 5.95. The molecule has 0 bridgehead atoms. The lowest BCUT2D eigenvalue weighted by Crippen LogP contribution is -2.45. The summed E-state index contributed by atoms with van der Waals surface area (Å²) in [5.74, 6) is 1.26. The molecule has 5 nitrogen and oxygen atoms in total. The maximum Gasteiger partial charge on any atom is 0.157 e. The number of phenolic OH excluding ortho intramolecular Hbond substituents is 2. The number of aldehydes is 2. The standard InChI is InChI=1S/C30H34O5/c1-17(2)20-10-9-18(3)21-11-12-30(14-23(20)21)13-22(19-7-5-4-6-8-19)26-28(34)24(15-31)27(33)25(16-32)29(26)35-30/h4-8,14-18,20-22,33-34H,9-13H2,1-3H3/t18-,20+,21-,22-,30+/m1/s1. The minimum atomic E-state index is -0.650. The smallest absolute Gasteiger partial charge is 0.157 e. The number of hydrogen-bond donors (Lipinski definition) is 2. The SMILES string of the molecule is CC(C)[C@@H]1CC[C@@H](C)[C@H]2CC[C@@]3(C=C12)C[C@H](c1ccccc1)c1c(O)c(C=O)c(O)c(C=O)c1O3. The molecule has 0 aromatic heterocycles. The van der Waals surface area contributed by atoms with E-state index in [-0.39, 0.29) is 28.5 Å². The molecular formula is C30H34O5. The second-order valence-electron chi connectivity index (χ2n) is 11.0. The molecule has 0 radical (unpaired) electrons. The summed E-state index contributed by atoms with van der Waals surface area (Å²) in [6.07, 6.45) is 8.06. The van der Waals surface area contributed by atoms with Gasteiger partial charge in [0.15, 0.2) is 12.6 Å². The molecule has 184 valence electrons. The van der Waals surface area contributed by atoms with Crippen molar-refractivity contribution in [3.63, 3.8) is 0 Å². The first-order chi connectivity index (χ1) is 16.8. The Morgan fingerprint density at radius 3 is 2.37 bits per heavy atom. The molecular weight excluding hydrogens is 440 g/mol. The highest BCUT2D eigenvalue weighted by Crippen LogP contribution is 2.57. The predicted molar refractivity (Wildman–Crippen MR) is 134 cm³/mol. The Morgan fingerprint density at radius 2 is 1.71 bits per heavy atom. The number of fused-ring (bicyclic) bond motifs is 2. The summed E-state index contributed by atoms with van der Waals surface area (Å²) >= 11 is 0. The molecule has 35 heavy (non-hydrogen) atoms. The summed E-state index contributed by atoms with van der Waals surface area (Å²) < 4.78 is 6.66. The van der Waals surface area contributed by atoms with Crippen molar-refractivity contribution in [2.45, 2.75) is 64.4 Å². The van der Waals surface area contributed by atoms with Gasteiger partial charge in [-0.05, 0) is 61.0 Å². The molecule has 5 atom stereocenters. The van der Waals surface area contributed by atoms with E-state index in [2.05, 4.69) is 26.8 Å². The van der Waals surface area contributed by atoms with Crippen LogP contribution in [0.15, 0.2) is 42.0 Å². The van der Waals surface area contributed by atoms with E-state index < -0.39 is 11.4 Å². The molecule has 0 amide bonds. The molecule has 0 saturated heterocycles. The largest absolute Gasteiger partial charge is 0.507 e. The second kappa shape index (κ2) is 8.85. The number of benzene rings is 2. The van der Waals surface area contributed by atoms with Crippen LogP contribution in [0.5, 0.6) is 17.2 Å². The summed E-state index contributed by atoms with van der Waals surface area (Å²) in [7, 11) is 0. The maximum atomic E-state index is 12.2. The number of aromatic hydroxyl groups is 2. The Balaban J connectivity index is 1.73. The fourth-order valence-electron chi connectivity index (χ4n) is 6.89. The van der Waals surface area contributed by atoms with E-state index in [9.17, 15) is 19.8 Å². The lowest BCUT2D eigenvalue weighted by Gasteiger charge is -2.49. The number of ether oxygens (including phenoxy) is 1. The first-order valence-corrected chi connectivity index (χ1v) is 12.8. The minimum Gasteiger partial charge on any atom is -0.507 e. The highest BCUT2D eigenvalue weighted by Gasteiger charge is 2.48. The summed E-state index contributed by atoms with van der Waals surface area (Å²) in [4.78, 5) is 23.9. The van der Waals surface area contributed by atoms with Crippen LogP contribution in [0.1, 0.15) is 90.6 Å². The molecule has 0 unspecified atom stereocenters. The van der Waals surface area contributed by atoms with Crippen LogP contribution in [0.25, 0.3) is 0 Å². The topological polar surface area (TPSA) is 83.8 Å². The van der Waals surface area contributed by atoms with Crippen molar-refractivity contribution < 1.29 is 24.5 Å². The van der Waals surface area contributed by atoms with Gasteiger partial charge >= 0.3 is 0 Å². The fourth-order valence-corrected chi connectivity index (χ4v) is 6.89. The first kappa shape index (κ1) is 23.7. The van der Waals surface area contributed by atoms with E-state index in [1.807, 2.05) is 30.3 Å². The Hall–Kier alpha value is -3.08. The molecule has 2 N–H and O–H groups in total. The van der Waals surface area contributed by atoms with Gasteiger partial charge in [-0.1, -0.05) is 56.7 Å². The van der Waals surface area contributed by atoms with Gasteiger partial charge in [0.2, 0.25) is 0 Å². The van der Waals surface area contributed by atoms with E-state index in [1.54, 1.807) is 0 Å². The number of allylic oxidation sites excluding steroid dienone is 1. The molecule has 5 heteroatoms. The number of carbonyl (C=O) groups is 2. The highest BCUT2D eigenvalue weighted by atomic mass is 16.5. The summed E-state index contributed by atoms with van der Waals surface area (Å²) in [6, 6.07) is 9.83. The number of hydrogen-bond acceptors (Lipinski definition) is 5. The van der Waals surface area contributed by atoms with Crippen molar-refractivity contribution in [2.75, 3.05) is 0 Å². The van der Waals surface area contributed by atoms with Crippen LogP contribution < -0.4 is 4.74 Å². The Morgan fingerprint density at radius 1 is 1.00 bits per heavy atom. The molecule has 3 aliphatic rings. The van der Waals surface area contributed by atoms with Crippen molar-refractivity contribution in [2.24, 2.45) is 23.7 Å². The van der Waals surface area contributed by atoms with Crippen LogP contribution in [0.3, 0.4) is 0 Å². The lowest BCUT2D eigenvalue weighted by atomic mass is 9.60. The first-order valence-electron chi connectivity index (χ1n) is 12.8. The van der Waals surface area contributed by atoms with Gasteiger partial charge in [0.1, 0.15) is 22.8 Å². The lowest BCUT2D eigenvalue weighted by molar-refractivity contribution is 0.0487. The van der Waals surface area contributed by atoms with Crippen molar-refractivity contribution in [1.29, 1.82) is 0 Å². The molecule has 1 spiro atoms. The van der Waals surface area contributed by atoms with Crippen LogP contribution >= 0.6 is 0 Å². The molecule has 2 aromatic rings. The van der Waals surface area contributed by atoms with Gasteiger partial charge in [-0.3, -0.25) is 9.59 Å². The number of rotatable bonds is 4. The van der Waals surface area contributed by atoms with Crippen LogP contribution in [-0.2, 0) is 0 Å². The van der Waals surface area contributed by atoms with Gasteiger partial charge in [-0.25, -0.2) is 0 Å². The van der Waals surface area contributed by atoms with E-state index in [0.717, 1.165) is 18.4 Å². The molecule has 1 saturated carbocycles. The molecule has 2 aliphatic carbocycles. The van der Waals surface area contributed by atoms with Crippen LogP contribution in [0.2, 0.25) is 0 Å². The molecule has 1 fully saturated rings. The molecule has 5 rings (SSSR count). The van der Waals surface area contributed by atoms with Crippen LogP contribution in [0.4, 0.5) is 0 Å². The zero-order chi connectivity index (χ0) is 24.9. The maximum absolute atomic E-state index is 12.2. The van der Waals surface area contributed by atoms with E-state index in [1.165, 1.54) is 18.4 Å². The van der Waals surface area contributed by atoms with Gasteiger partial charge < -0.3 is 14.9 Å².